The second kappa shape index (κ2) is 4.91. The molecule has 0 saturated carbocycles. The molecule has 1 aromatic rings. The monoisotopic (exact) mass is 205 g/mol. The maximum absolute atomic E-state index is 4.24. The molecule has 1 aliphatic rings. The molecule has 1 N–H and O–H groups in total. The standard InChI is InChI=1S/C10H13N3.C2H6/c1-3-10(2)7-12-13-9-8(10)5-4-6-11-9;1-2/h4-7H,3H2,1-2H3,(H,11,13);1-2H3. The van der Waals surface area contributed by atoms with Gasteiger partial charge in [0.1, 0.15) is 5.82 Å². The Morgan fingerprint density at radius 2 is 2.13 bits per heavy atom. The first-order valence-corrected chi connectivity index (χ1v) is 5.52. The number of rotatable bonds is 1. The highest BCUT2D eigenvalue weighted by Crippen LogP contribution is 2.32. The van der Waals surface area contributed by atoms with Crippen LogP contribution in [0.4, 0.5) is 5.82 Å². The molecule has 1 aliphatic heterocycles. The van der Waals surface area contributed by atoms with Crippen LogP contribution in [0, 0.1) is 0 Å². The van der Waals surface area contributed by atoms with E-state index in [2.05, 4.69) is 35.4 Å². The van der Waals surface area contributed by atoms with Gasteiger partial charge in [-0.1, -0.05) is 33.8 Å². The third kappa shape index (κ3) is 2.17. The fourth-order valence-electron chi connectivity index (χ4n) is 1.54. The molecular formula is C12H19N3. The fourth-order valence-corrected chi connectivity index (χ4v) is 1.54. The number of hydrogen-bond acceptors (Lipinski definition) is 3. The number of anilines is 1. The smallest absolute Gasteiger partial charge is 0.150 e. The number of fused-ring (bicyclic) bond motifs is 1. The molecule has 2 heterocycles. The van der Waals surface area contributed by atoms with Crippen molar-refractivity contribution in [2.24, 2.45) is 5.10 Å². The summed E-state index contributed by atoms with van der Waals surface area (Å²) < 4.78 is 0. The highest BCUT2D eigenvalue weighted by atomic mass is 15.3. The van der Waals surface area contributed by atoms with E-state index in [-0.39, 0.29) is 5.41 Å². The number of hydrazone groups is 1. The predicted octanol–water partition coefficient (Wildman–Crippen LogP) is 3.19. The average molecular weight is 205 g/mol. The SMILES string of the molecule is CC.CCC1(C)C=NNc2ncccc21. The van der Waals surface area contributed by atoms with Gasteiger partial charge in [0.15, 0.2) is 0 Å². The largest absolute Gasteiger partial charge is 0.261 e. The van der Waals surface area contributed by atoms with Crippen LogP contribution >= 0.6 is 0 Å². The maximum atomic E-state index is 4.24. The number of hydrogen-bond donors (Lipinski definition) is 1. The van der Waals surface area contributed by atoms with Gasteiger partial charge in [-0.25, -0.2) is 4.98 Å². The van der Waals surface area contributed by atoms with Crippen molar-refractivity contribution < 1.29 is 0 Å². The van der Waals surface area contributed by atoms with Gasteiger partial charge in [0, 0.05) is 23.4 Å². The van der Waals surface area contributed by atoms with E-state index in [4.69, 9.17) is 0 Å². The van der Waals surface area contributed by atoms with Gasteiger partial charge in [-0.2, -0.15) is 5.10 Å². The van der Waals surface area contributed by atoms with Crippen LogP contribution in [0.2, 0.25) is 0 Å². The van der Waals surface area contributed by atoms with Crippen molar-refractivity contribution in [2.75, 3.05) is 5.43 Å². The highest BCUT2D eigenvalue weighted by molar-refractivity contribution is 5.79. The van der Waals surface area contributed by atoms with Crippen LogP contribution < -0.4 is 5.43 Å². The Bertz CT molecular complexity index is 346. The first-order chi connectivity index (χ1) is 7.26. The zero-order chi connectivity index (χ0) is 11.3. The van der Waals surface area contributed by atoms with Crippen LogP contribution in [-0.4, -0.2) is 11.2 Å². The zero-order valence-electron chi connectivity index (χ0n) is 9.91. The van der Waals surface area contributed by atoms with Crippen molar-refractivity contribution in [3.63, 3.8) is 0 Å². The summed E-state index contributed by atoms with van der Waals surface area (Å²) in [6.45, 7) is 8.34. The fraction of sp³-hybridized carbons (Fsp3) is 0.500. The lowest BCUT2D eigenvalue weighted by Crippen LogP contribution is -2.28. The Labute approximate surface area is 91.6 Å². The molecule has 0 fully saturated rings. The van der Waals surface area contributed by atoms with Crippen molar-refractivity contribution in [3.8, 4) is 0 Å². The summed E-state index contributed by atoms with van der Waals surface area (Å²) >= 11 is 0. The number of pyridine rings is 1. The molecule has 0 spiro atoms. The van der Waals surface area contributed by atoms with Crippen molar-refractivity contribution in [1.82, 2.24) is 4.98 Å². The molecule has 0 amide bonds. The van der Waals surface area contributed by atoms with E-state index in [1.54, 1.807) is 6.20 Å². The summed E-state index contributed by atoms with van der Waals surface area (Å²) in [5.41, 5.74) is 4.18. The van der Waals surface area contributed by atoms with E-state index in [9.17, 15) is 0 Å². The molecule has 1 unspecified atom stereocenters. The molecule has 0 radical (unpaired) electrons. The third-order valence-electron chi connectivity index (χ3n) is 2.68. The summed E-state index contributed by atoms with van der Waals surface area (Å²) in [5, 5.41) is 4.10. The minimum absolute atomic E-state index is 0.0366. The Morgan fingerprint density at radius 3 is 2.80 bits per heavy atom. The molecule has 0 saturated heterocycles. The Balaban J connectivity index is 0.000000531. The van der Waals surface area contributed by atoms with Crippen LogP contribution in [0.1, 0.15) is 39.7 Å². The number of aromatic nitrogens is 1. The van der Waals surface area contributed by atoms with E-state index in [1.165, 1.54) is 5.56 Å². The van der Waals surface area contributed by atoms with Crippen molar-refractivity contribution in [1.29, 1.82) is 0 Å². The third-order valence-corrected chi connectivity index (χ3v) is 2.68. The molecule has 3 nitrogen and oxygen atoms in total. The second-order valence-electron chi connectivity index (χ2n) is 3.54. The van der Waals surface area contributed by atoms with Crippen LogP contribution in [0.25, 0.3) is 0 Å². The van der Waals surface area contributed by atoms with Gasteiger partial charge < -0.3 is 0 Å². The molecule has 15 heavy (non-hydrogen) atoms. The minimum Gasteiger partial charge on any atom is -0.261 e. The van der Waals surface area contributed by atoms with Crippen LogP contribution in [0.15, 0.2) is 23.4 Å². The molecule has 1 aromatic heterocycles. The van der Waals surface area contributed by atoms with Gasteiger partial charge in [-0.05, 0) is 12.5 Å². The topological polar surface area (TPSA) is 37.3 Å². The number of nitrogens with zero attached hydrogens (tertiary/aromatic N) is 2. The predicted molar refractivity (Wildman–Crippen MR) is 65.3 cm³/mol. The van der Waals surface area contributed by atoms with Crippen molar-refractivity contribution in [2.45, 2.75) is 39.5 Å². The first-order valence-electron chi connectivity index (χ1n) is 5.52. The van der Waals surface area contributed by atoms with Crippen molar-refractivity contribution >= 4 is 12.0 Å². The molecule has 0 aromatic carbocycles. The van der Waals surface area contributed by atoms with Crippen molar-refractivity contribution in [3.05, 3.63) is 23.9 Å². The van der Waals surface area contributed by atoms with Gasteiger partial charge in [0.05, 0.1) is 0 Å². The Morgan fingerprint density at radius 1 is 1.40 bits per heavy atom. The molecule has 1 atom stereocenters. The van der Waals surface area contributed by atoms with Gasteiger partial charge in [0.25, 0.3) is 0 Å². The summed E-state index contributed by atoms with van der Waals surface area (Å²) in [4.78, 5) is 4.24. The quantitative estimate of drug-likeness (QED) is 0.764. The zero-order valence-corrected chi connectivity index (χ0v) is 9.91. The summed E-state index contributed by atoms with van der Waals surface area (Å²) in [6.07, 6.45) is 4.77. The lowest BCUT2D eigenvalue weighted by atomic mass is 9.81. The molecule has 82 valence electrons. The van der Waals surface area contributed by atoms with Crippen LogP contribution in [-0.2, 0) is 5.41 Å². The van der Waals surface area contributed by atoms with Crippen LogP contribution in [0.5, 0.6) is 0 Å². The summed E-state index contributed by atoms with van der Waals surface area (Å²) in [7, 11) is 0. The normalized spacial score (nSPS) is 22.1. The van der Waals surface area contributed by atoms with Gasteiger partial charge >= 0.3 is 0 Å². The Hall–Kier alpha value is -1.38. The lowest BCUT2D eigenvalue weighted by Gasteiger charge is -2.28. The highest BCUT2D eigenvalue weighted by Gasteiger charge is 2.28. The summed E-state index contributed by atoms with van der Waals surface area (Å²) in [6, 6.07) is 4.07. The average Bonchev–Trinajstić information content (AvgIpc) is 2.32. The van der Waals surface area contributed by atoms with E-state index in [0.29, 0.717) is 0 Å². The lowest BCUT2D eigenvalue weighted by molar-refractivity contribution is 0.617. The maximum Gasteiger partial charge on any atom is 0.150 e. The van der Waals surface area contributed by atoms with E-state index in [1.807, 2.05) is 26.1 Å². The summed E-state index contributed by atoms with van der Waals surface area (Å²) in [5.74, 6) is 0.884. The van der Waals surface area contributed by atoms with Crippen LogP contribution in [0.3, 0.4) is 0 Å². The van der Waals surface area contributed by atoms with Gasteiger partial charge in [0.2, 0.25) is 0 Å². The molecule has 3 heteroatoms. The second-order valence-corrected chi connectivity index (χ2v) is 3.54. The molecule has 0 bridgehead atoms. The molecular weight excluding hydrogens is 186 g/mol. The van der Waals surface area contributed by atoms with Gasteiger partial charge in [-0.15, -0.1) is 0 Å². The minimum atomic E-state index is 0.0366. The molecule has 2 rings (SSSR count). The van der Waals surface area contributed by atoms with E-state index < -0.39 is 0 Å². The Kier molecular flexibility index (Phi) is 3.83. The molecule has 0 aliphatic carbocycles. The van der Waals surface area contributed by atoms with Gasteiger partial charge in [-0.3, -0.25) is 5.43 Å². The van der Waals surface area contributed by atoms with E-state index >= 15 is 0 Å². The first kappa shape index (κ1) is 11.7. The van der Waals surface area contributed by atoms with E-state index in [0.717, 1.165) is 12.2 Å². The number of nitrogens with one attached hydrogen (secondary N) is 1.